The zero-order valence-electron chi connectivity index (χ0n) is 15.4. The van der Waals surface area contributed by atoms with E-state index in [9.17, 15) is 4.79 Å². The van der Waals surface area contributed by atoms with Gasteiger partial charge in [0.05, 0.1) is 6.21 Å². The van der Waals surface area contributed by atoms with Crippen LogP contribution < -0.4 is 10.2 Å². The summed E-state index contributed by atoms with van der Waals surface area (Å²) in [7, 11) is 0. The van der Waals surface area contributed by atoms with Gasteiger partial charge in [-0.25, -0.2) is 5.43 Å². The first-order chi connectivity index (χ1) is 13.1. The van der Waals surface area contributed by atoms with Crippen molar-refractivity contribution in [3.05, 3.63) is 90.0 Å². The van der Waals surface area contributed by atoms with Crippen LogP contribution in [-0.4, -0.2) is 18.2 Å². The molecule has 3 aromatic carbocycles. The van der Waals surface area contributed by atoms with E-state index in [1.807, 2.05) is 73.7 Å². The predicted octanol–water partition coefficient (Wildman–Crippen LogP) is 4.58. The summed E-state index contributed by atoms with van der Waals surface area (Å²) in [5, 5.41) is 3.98. The van der Waals surface area contributed by atoms with Crippen molar-refractivity contribution >= 4 is 12.1 Å². The second-order valence-corrected chi connectivity index (χ2v) is 6.30. The third kappa shape index (κ3) is 5.28. The number of nitrogens with zero attached hydrogens (tertiary/aromatic N) is 1. The summed E-state index contributed by atoms with van der Waals surface area (Å²) in [6, 6.07) is 25.7. The van der Waals surface area contributed by atoms with E-state index in [4.69, 9.17) is 4.74 Å². The maximum absolute atomic E-state index is 12.1. The number of benzene rings is 3. The Bertz CT molecular complexity index is 901. The number of aryl methyl sites for hydroxylation is 1. The van der Waals surface area contributed by atoms with E-state index in [1.165, 1.54) is 5.56 Å². The Morgan fingerprint density at radius 1 is 0.926 bits per heavy atom. The molecular formula is C23H22N2O2. The van der Waals surface area contributed by atoms with Gasteiger partial charge in [-0.15, -0.1) is 0 Å². The van der Waals surface area contributed by atoms with Gasteiger partial charge in [0.2, 0.25) is 0 Å². The van der Waals surface area contributed by atoms with Crippen LogP contribution in [0, 0.1) is 6.92 Å². The van der Waals surface area contributed by atoms with E-state index >= 15 is 0 Å². The van der Waals surface area contributed by atoms with Crippen LogP contribution in [0.2, 0.25) is 0 Å². The fraction of sp³-hybridized carbons (Fsp3) is 0.130. The molecule has 3 rings (SSSR count). The number of hydrazone groups is 1. The first-order valence-corrected chi connectivity index (χ1v) is 8.83. The summed E-state index contributed by atoms with van der Waals surface area (Å²) >= 11 is 0. The van der Waals surface area contributed by atoms with Crippen molar-refractivity contribution < 1.29 is 9.53 Å². The van der Waals surface area contributed by atoms with Gasteiger partial charge in [0.25, 0.3) is 5.91 Å². The van der Waals surface area contributed by atoms with Gasteiger partial charge < -0.3 is 4.74 Å². The molecule has 0 aromatic heterocycles. The lowest BCUT2D eigenvalue weighted by Gasteiger charge is -2.13. The monoisotopic (exact) mass is 358 g/mol. The van der Waals surface area contributed by atoms with Gasteiger partial charge in [0.1, 0.15) is 5.75 Å². The standard InChI is InChI=1S/C23H22N2O2/c1-17-8-10-19(11-9-17)16-24-25-23(26)18(2)27-22-14-12-21(13-15-22)20-6-4-3-5-7-20/h3-16,18H,1-2H3,(H,25,26). The highest BCUT2D eigenvalue weighted by molar-refractivity contribution is 5.84. The molecule has 0 aliphatic carbocycles. The number of nitrogens with one attached hydrogen (secondary N) is 1. The van der Waals surface area contributed by atoms with Crippen molar-refractivity contribution in [2.45, 2.75) is 20.0 Å². The van der Waals surface area contributed by atoms with Gasteiger partial charge in [-0.1, -0.05) is 72.3 Å². The van der Waals surface area contributed by atoms with E-state index in [0.717, 1.165) is 16.7 Å². The molecule has 4 nitrogen and oxygen atoms in total. The minimum Gasteiger partial charge on any atom is -0.481 e. The summed E-state index contributed by atoms with van der Waals surface area (Å²) in [6.45, 7) is 3.72. The molecule has 3 aromatic rings. The molecular weight excluding hydrogens is 336 g/mol. The Hall–Kier alpha value is -3.40. The maximum atomic E-state index is 12.1. The SMILES string of the molecule is Cc1ccc(C=NNC(=O)C(C)Oc2ccc(-c3ccccc3)cc2)cc1. The van der Waals surface area contributed by atoms with E-state index in [1.54, 1.807) is 13.1 Å². The Balaban J connectivity index is 1.54. The Kier molecular flexibility index (Phi) is 6.00. The van der Waals surface area contributed by atoms with Gasteiger partial charge in [-0.2, -0.15) is 5.10 Å². The Morgan fingerprint density at radius 2 is 1.56 bits per heavy atom. The third-order valence-electron chi connectivity index (χ3n) is 4.11. The molecule has 0 radical (unpaired) electrons. The number of hydrogen-bond acceptors (Lipinski definition) is 3. The van der Waals surface area contributed by atoms with Crippen molar-refractivity contribution in [3.63, 3.8) is 0 Å². The van der Waals surface area contributed by atoms with E-state index in [-0.39, 0.29) is 5.91 Å². The molecule has 1 unspecified atom stereocenters. The molecule has 1 N–H and O–H groups in total. The van der Waals surface area contributed by atoms with Crippen molar-refractivity contribution in [3.8, 4) is 16.9 Å². The minimum atomic E-state index is -0.650. The molecule has 1 atom stereocenters. The van der Waals surface area contributed by atoms with Crippen LogP contribution in [-0.2, 0) is 4.79 Å². The Labute approximate surface area is 159 Å². The van der Waals surface area contributed by atoms with Crippen LogP contribution in [0.3, 0.4) is 0 Å². The van der Waals surface area contributed by atoms with Crippen LogP contribution in [0.15, 0.2) is 84.0 Å². The lowest BCUT2D eigenvalue weighted by Crippen LogP contribution is -2.33. The average Bonchev–Trinajstić information content (AvgIpc) is 2.70. The molecule has 0 aliphatic heterocycles. The molecule has 27 heavy (non-hydrogen) atoms. The molecule has 0 fully saturated rings. The van der Waals surface area contributed by atoms with Crippen molar-refractivity contribution in [1.82, 2.24) is 5.43 Å². The number of carbonyl (C=O) groups excluding carboxylic acids is 1. The fourth-order valence-electron chi connectivity index (χ4n) is 2.53. The van der Waals surface area contributed by atoms with Gasteiger partial charge >= 0.3 is 0 Å². The first kappa shape index (κ1) is 18.4. The molecule has 0 spiro atoms. The largest absolute Gasteiger partial charge is 0.481 e. The molecule has 0 heterocycles. The lowest BCUT2D eigenvalue weighted by molar-refractivity contribution is -0.127. The first-order valence-electron chi connectivity index (χ1n) is 8.83. The van der Waals surface area contributed by atoms with Gasteiger partial charge in [-0.05, 0) is 42.7 Å². The fourth-order valence-corrected chi connectivity index (χ4v) is 2.53. The third-order valence-corrected chi connectivity index (χ3v) is 4.11. The molecule has 1 amide bonds. The molecule has 0 aliphatic rings. The zero-order chi connectivity index (χ0) is 19.1. The molecule has 0 saturated carbocycles. The molecule has 0 saturated heterocycles. The van der Waals surface area contributed by atoms with E-state index in [0.29, 0.717) is 5.75 Å². The quantitative estimate of drug-likeness (QED) is 0.518. The lowest BCUT2D eigenvalue weighted by atomic mass is 10.1. The predicted molar refractivity (Wildman–Crippen MR) is 109 cm³/mol. The number of ether oxygens (including phenoxy) is 1. The van der Waals surface area contributed by atoms with Gasteiger partial charge in [-0.3, -0.25) is 4.79 Å². The van der Waals surface area contributed by atoms with Crippen LogP contribution in [0.5, 0.6) is 5.75 Å². The van der Waals surface area contributed by atoms with Crippen LogP contribution in [0.4, 0.5) is 0 Å². The minimum absolute atomic E-state index is 0.300. The van der Waals surface area contributed by atoms with Crippen LogP contribution >= 0.6 is 0 Å². The number of amides is 1. The molecule has 0 bridgehead atoms. The van der Waals surface area contributed by atoms with Crippen molar-refractivity contribution in [2.24, 2.45) is 5.10 Å². The Morgan fingerprint density at radius 3 is 2.22 bits per heavy atom. The topological polar surface area (TPSA) is 50.7 Å². The van der Waals surface area contributed by atoms with Gasteiger partial charge in [0.15, 0.2) is 6.10 Å². The second kappa shape index (κ2) is 8.81. The van der Waals surface area contributed by atoms with Crippen molar-refractivity contribution in [2.75, 3.05) is 0 Å². The summed E-state index contributed by atoms with van der Waals surface area (Å²) in [6.07, 6.45) is 0.960. The zero-order valence-corrected chi connectivity index (χ0v) is 15.4. The van der Waals surface area contributed by atoms with Crippen molar-refractivity contribution in [1.29, 1.82) is 0 Å². The number of carbonyl (C=O) groups is 1. The summed E-state index contributed by atoms with van der Waals surface area (Å²) < 4.78 is 5.70. The summed E-state index contributed by atoms with van der Waals surface area (Å²) in [5.41, 5.74) is 6.85. The maximum Gasteiger partial charge on any atom is 0.280 e. The number of rotatable bonds is 6. The summed E-state index contributed by atoms with van der Waals surface area (Å²) in [4.78, 5) is 12.1. The molecule has 136 valence electrons. The average molecular weight is 358 g/mol. The number of hydrogen-bond donors (Lipinski definition) is 1. The smallest absolute Gasteiger partial charge is 0.280 e. The van der Waals surface area contributed by atoms with Crippen LogP contribution in [0.1, 0.15) is 18.1 Å². The normalized spacial score (nSPS) is 11.9. The van der Waals surface area contributed by atoms with E-state index < -0.39 is 6.10 Å². The summed E-state index contributed by atoms with van der Waals surface area (Å²) in [5.74, 6) is 0.338. The highest BCUT2D eigenvalue weighted by Gasteiger charge is 2.13. The molecule has 4 heteroatoms. The highest BCUT2D eigenvalue weighted by atomic mass is 16.5. The second-order valence-electron chi connectivity index (χ2n) is 6.30. The van der Waals surface area contributed by atoms with E-state index in [2.05, 4.69) is 22.7 Å². The highest BCUT2D eigenvalue weighted by Crippen LogP contribution is 2.22. The van der Waals surface area contributed by atoms with Crippen LogP contribution in [0.25, 0.3) is 11.1 Å². The van der Waals surface area contributed by atoms with Gasteiger partial charge in [0, 0.05) is 0 Å².